The molecule has 12 heavy (non-hydrogen) atoms. The highest BCUT2D eigenvalue weighted by molar-refractivity contribution is 5.83. The van der Waals surface area contributed by atoms with Crippen molar-refractivity contribution in [2.75, 3.05) is 6.54 Å². The van der Waals surface area contributed by atoms with Crippen molar-refractivity contribution in [3.05, 3.63) is 0 Å². The molecule has 0 spiro atoms. The predicted molar refractivity (Wildman–Crippen MR) is 43.1 cm³/mol. The predicted octanol–water partition coefficient (Wildman–Crippen LogP) is 1.80. The zero-order chi connectivity index (χ0) is 9.78. The van der Waals surface area contributed by atoms with E-state index in [0.717, 1.165) is 0 Å². The Balaban J connectivity index is 4.07. The van der Waals surface area contributed by atoms with Crippen molar-refractivity contribution in [1.29, 1.82) is 0 Å². The first-order valence-electron chi connectivity index (χ1n) is 4.09. The second-order valence-corrected chi connectivity index (χ2v) is 3.03. The molecule has 0 aromatic heterocycles. The van der Waals surface area contributed by atoms with E-state index in [9.17, 15) is 13.6 Å². The molecule has 1 amide bonds. The highest BCUT2D eigenvalue weighted by Gasteiger charge is 2.41. The second kappa shape index (κ2) is 4.38. The average Bonchev–Trinajstić information content (AvgIpc) is 1.99. The van der Waals surface area contributed by atoms with Gasteiger partial charge in [0.05, 0.1) is 0 Å². The lowest BCUT2D eigenvalue weighted by molar-refractivity contribution is -0.151. The number of hydrogen-bond acceptors (Lipinski definition) is 1. The van der Waals surface area contributed by atoms with Crippen LogP contribution in [0.15, 0.2) is 0 Å². The molecular weight excluding hydrogens is 164 g/mol. The van der Waals surface area contributed by atoms with Crippen molar-refractivity contribution in [3.63, 3.8) is 0 Å². The van der Waals surface area contributed by atoms with Crippen molar-refractivity contribution >= 4 is 5.91 Å². The number of hydrogen-bond donors (Lipinski definition) is 1. The Morgan fingerprint density at radius 3 is 2.33 bits per heavy atom. The molecule has 0 saturated carbocycles. The minimum absolute atomic E-state index is 0.307. The molecule has 0 saturated heterocycles. The van der Waals surface area contributed by atoms with Gasteiger partial charge in [0, 0.05) is 12.5 Å². The third kappa shape index (κ3) is 2.75. The Labute approximate surface area is 71.3 Å². The summed E-state index contributed by atoms with van der Waals surface area (Å²) in [6, 6.07) is 0. The highest BCUT2D eigenvalue weighted by Crippen LogP contribution is 2.23. The molecule has 0 aliphatic carbocycles. The van der Waals surface area contributed by atoms with Crippen LogP contribution in [0.3, 0.4) is 0 Å². The molecule has 0 aromatic rings. The number of rotatable bonds is 4. The Morgan fingerprint density at radius 2 is 2.00 bits per heavy atom. The molecule has 0 fully saturated rings. The molecule has 0 heterocycles. The summed E-state index contributed by atoms with van der Waals surface area (Å²) in [5.41, 5.74) is 0. The molecule has 72 valence electrons. The molecule has 0 bridgehead atoms. The van der Waals surface area contributed by atoms with E-state index in [2.05, 4.69) is 5.32 Å². The molecule has 0 radical (unpaired) electrons. The highest BCUT2D eigenvalue weighted by atomic mass is 19.3. The first kappa shape index (κ1) is 11.3. The van der Waals surface area contributed by atoms with Gasteiger partial charge in [0.25, 0.3) is 5.91 Å². The summed E-state index contributed by atoms with van der Waals surface area (Å²) in [4.78, 5) is 10.8. The number of alkyl halides is 2. The van der Waals surface area contributed by atoms with Crippen LogP contribution in [0.4, 0.5) is 8.78 Å². The van der Waals surface area contributed by atoms with Gasteiger partial charge in [-0.3, -0.25) is 4.79 Å². The standard InChI is InChI=1S/C8H15F2NO/c1-4-5-11-7(12)8(9,10)6(2)3/h6H,4-5H2,1-3H3,(H,11,12). The summed E-state index contributed by atoms with van der Waals surface area (Å²) >= 11 is 0. The normalized spacial score (nSPS) is 11.8. The molecule has 0 rings (SSSR count). The van der Waals surface area contributed by atoms with Crippen LogP contribution in [-0.4, -0.2) is 18.4 Å². The number of carbonyl (C=O) groups excluding carboxylic acids is 1. The number of carbonyl (C=O) groups is 1. The minimum atomic E-state index is -3.24. The van der Waals surface area contributed by atoms with E-state index in [-0.39, 0.29) is 0 Å². The SMILES string of the molecule is CCCNC(=O)C(F)(F)C(C)C. The van der Waals surface area contributed by atoms with Gasteiger partial charge in [0.15, 0.2) is 0 Å². The summed E-state index contributed by atoms with van der Waals surface area (Å²) in [7, 11) is 0. The lowest BCUT2D eigenvalue weighted by Crippen LogP contribution is -2.43. The van der Waals surface area contributed by atoms with E-state index in [4.69, 9.17) is 0 Å². The fourth-order valence-corrected chi connectivity index (χ4v) is 0.619. The number of nitrogens with one attached hydrogen (secondary N) is 1. The second-order valence-electron chi connectivity index (χ2n) is 3.03. The maximum atomic E-state index is 12.9. The van der Waals surface area contributed by atoms with Crippen LogP contribution in [-0.2, 0) is 4.79 Å². The summed E-state index contributed by atoms with van der Waals surface area (Å²) in [5.74, 6) is -5.36. The average molecular weight is 179 g/mol. The first-order valence-corrected chi connectivity index (χ1v) is 4.09. The van der Waals surface area contributed by atoms with E-state index < -0.39 is 17.7 Å². The summed E-state index contributed by atoms with van der Waals surface area (Å²) in [6.45, 7) is 4.77. The maximum Gasteiger partial charge on any atom is 0.326 e. The van der Waals surface area contributed by atoms with E-state index in [1.54, 1.807) is 0 Å². The van der Waals surface area contributed by atoms with E-state index in [1.165, 1.54) is 13.8 Å². The molecule has 0 aliphatic heterocycles. The third-order valence-corrected chi connectivity index (χ3v) is 1.56. The third-order valence-electron chi connectivity index (χ3n) is 1.56. The quantitative estimate of drug-likeness (QED) is 0.700. The van der Waals surface area contributed by atoms with Crippen molar-refractivity contribution in [2.45, 2.75) is 33.1 Å². The topological polar surface area (TPSA) is 29.1 Å². The largest absolute Gasteiger partial charge is 0.351 e. The van der Waals surface area contributed by atoms with Crippen molar-refractivity contribution < 1.29 is 13.6 Å². The zero-order valence-corrected chi connectivity index (χ0v) is 7.66. The van der Waals surface area contributed by atoms with Gasteiger partial charge in [0.2, 0.25) is 0 Å². The fourth-order valence-electron chi connectivity index (χ4n) is 0.619. The molecule has 1 N–H and O–H groups in total. The molecule has 0 atom stereocenters. The summed E-state index contributed by atoms with van der Waals surface area (Å²) in [5, 5.41) is 2.16. The van der Waals surface area contributed by atoms with Gasteiger partial charge in [-0.2, -0.15) is 8.78 Å². The summed E-state index contributed by atoms with van der Waals surface area (Å²) < 4.78 is 25.7. The molecule has 0 aromatic carbocycles. The Bertz CT molecular complexity index is 157. The molecular formula is C8H15F2NO. The van der Waals surface area contributed by atoms with Crippen LogP contribution in [0.5, 0.6) is 0 Å². The minimum Gasteiger partial charge on any atom is -0.351 e. The first-order chi connectivity index (χ1) is 5.42. The molecule has 0 aliphatic rings. The lowest BCUT2D eigenvalue weighted by atomic mass is 10.1. The maximum absolute atomic E-state index is 12.9. The van der Waals surface area contributed by atoms with E-state index in [1.807, 2.05) is 6.92 Å². The Morgan fingerprint density at radius 1 is 1.50 bits per heavy atom. The van der Waals surface area contributed by atoms with Crippen LogP contribution in [0.2, 0.25) is 0 Å². The van der Waals surface area contributed by atoms with Crippen LogP contribution in [0, 0.1) is 5.92 Å². The van der Waals surface area contributed by atoms with Gasteiger partial charge in [-0.25, -0.2) is 0 Å². The van der Waals surface area contributed by atoms with Gasteiger partial charge < -0.3 is 5.32 Å². The van der Waals surface area contributed by atoms with Crippen LogP contribution < -0.4 is 5.32 Å². The van der Waals surface area contributed by atoms with E-state index in [0.29, 0.717) is 13.0 Å². The van der Waals surface area contributed by atoms with Crippen molar-refractivity contribution in [2.24, 2.45) is 5.92 Å². The van der Waals surface area contributed by atoms with Gasteiger partial charge in [-0.05, 0) is 6.42 Å². The molecule has 4 heteroatoms. The zero-order valence-electron chi connectivity index (χ0n) is 7.66. The van der Waals surface area contributed by atoms with Gasteiger partial charge in [0.1, 0.15) is 0 Å². The number of halogens is 2. The van der Waals surface area contributed by atoms with Gasteiger partial charge in [-0.15, -0.1) is 0 Å². The number of amides is 1. The lowest BCUT2D eigenvalue weighted by Gasteiger charge is -2.18. The fraction of sp³-hybridized carbons (Fsp3) is 0.875. The van der Waals surface area contributed by atoms with Crippen LogP contribution in [0.1, 0.15) is 27.2 Å². The Kier molecular flexibility index (Phi) is 4.13. The van der Waals surface area contributed by atoms with Crippen molar-refractivity contribution in [3.8, 4) is 0 Å². The summed E-state index contributed by atoms with van der Waals surface area (Å²) in [6.07, 6.45) is 0.667. The smallest absolute Gasteiger partial charge is 0.326 e. The van der Waals surface area contributed by atoms with Crippen LogP contribution in [0.25, 0.3) is 0 Å². The molecule has 2 nitrogen and oxygen atoms in total. The van der Waals surface area contributed by atoms with Crippen molar-refractivity contribution in [1.82, 2.24) is 5.32 Å². The Hall–Kier alpha value is -0.670. The monoisotopic (exact) mass is 179 g/mol. The van der Waals surface area contributed by atoms with Gasteiger partial charge >= 0.3 is 5.92 Å². The van der Waals surface area contributed by atoms with E-state index >= 15 is 0 Å². The molecule has 0 unspecified atom stereocenters. The van der Waals surface area contributed by atoms with Crippen LogP contribution >= 0.6 is 0 Å². The van der Waals surface area contributed by atoms with Gasteiger partial charge in [-0.1, -0.05) is 20.8 Å².